The van der Waals surface area contributed by atoms with E-state index in [-0.39, 0.29) is 11.3 Å². The van der Waals surface area contributed by atoms with E-state index >= 15 is 0 Å². The molecule has 0 radical (unpaired) electrons. The number of carbonyl (C=O) groups is 1. The van der Waals surface area contributed by atoms with Crippen molar-refractivity contribution in [3.63, 3.8) is 0 Å². The summed E-state index contributed by atoms with van der Waals surface area (Å²) in [5.74, 6) is -0.303. The Morgan fingerprint density at radius 3 is 2.00 bits per heavy atom. The minimum Gasteiger partial charge on any atom is -0.372 e. The molecule has 0 saturated carbocycles. The molecule has 0 fully saturated rings. The lowest BCUT2D eigenvalue weighted by Crippen LogP contribution is -2.33. The molecule has 36 heavy (non-hydrogen) atoms. The number of hydrogen-bond donors (Lipinski definition) is 1. The first-order valence-corrected chi connectivity index (χ1v) is 13.7. The lowest BCUT2D eigenvalue weighted by molar-refractivity contribution is 0.0980. The second-order valence-corrected chi connectivity index (χ2v) is 11.1. The van der Waals surface area contributed by atoms with Gasteiger partial charge in [-0.05, 0) is 57.5 Å². The van der Waals surface area contributed by atoms with E-state index in [1.165, 1.54) is 5.56 Å². The number of benzene rings is 4. The Morgan fingerprint density at radius 2 is 1.36 bits per heavy atom. The number of hydrogen-bond acceptors (Lipinski definition) is 4. The number of aryl methyl sites for hydroxylation is 1. The van der Waals surface area contributed by atoms with E-state index in [1.54, 1.807) is 24.3 Å². The van der Waals surface area contributed by atoms with Gasteiger partial charge < -0.3 is 4.74 Å². The van der Waals surface area contributed by atoms with Gasteiger partial charge in [-0.1, -0.05) is 92.7 Å². The van der Waals surface area contributed by atoms with Crippen LogP contribution in [0.2, 0.25) is 0 Å². The number of amides is 1. The molecule has 0 heterocycles. The quantitative estimate of drug-likeness (QED) is 0.290. The van der Waals surface area contributed by atoms with Crippen molar-refractivity contribution in [2.24, 2.45) is 0 Å². The van der Waals surface area contributed by atoms with Gasteiger partial charge in [-0.15, -0.1) is 0 Å². The van der Waals surface area contributed by atoms with Crippen LogP contribution in [0.3, 0.4) is 0 Å². The number of ether oxygens (including phenoxy) is 1. The van der Waals surface area contributed by atoms with Crippen molar-refractivity contribution in [3.8, 4) is 0 Å². The zero-order valence-corrected chi connectivity index (χ0v) is 21.4. The van der Waals surface area contributed by atoms with Crippen molar-refractivity contribution in [3.05, 3.63) is 119 Å². The van der Waals surface area contributed by atoms with Gasteiger partial charge in [0.05, 0.1) is 19.0 Å². The van der Waals surface area contributed by atoms with Crippen molar-refractivity contribution in [1.29, 1.82) is 0 Å². The summed E-state index contributed by atoms with van der Waals surface area (Å²) in [5, 5.41) is 2.16. The van der Waals surface area contributed by atoms with Crippen LogP contribution in [0.5, 0.6) is 0 Å². The van der Waals surface area contributed by atoms with Gasteiger partial charge in [0, 0.05) is 5.56 Å². The molecular weight excluding hydrogens is 470 g/mol. The Kier molecular flexibility index (Phi) is 8.18. The maximum atomic E-state index is 12.5. The van der Waals surface area contributed by atoms with Gasteiger partial charge in [0.15, 0.2) is 0 Å². The van der Waals surface area contributed by atoms with E-state index in [0.717, 1.165) is 27.5 Å². The SMILES string of the molecule is CC(C)c1ccc(COCc2ccc(C(=O)NS(=O)(=O)CCc3ccc4ccccc4c3)cc2)cc1. The van der Waals surface area contributed by atoms with Gasteiger partial charge in [-0.25, -0.2) is 13.1 Å². The van der Waals surface area contributed by atoms with Gasteiger partial charge in [0.2, 0.25) is 10.0 Å². The fourth-order valence-corrected chi connectivity index (χ4v) is 4.94. The van der Waals surface area contributed by atoms with Gasteiger partial charge in [-0.2, -0.15) is 0 Å². The number of rotatable bonds is 10. The van der Waals surface area contributed by atoms with E-state index in [9.17, 15) is 13.2 Å². The van der Waals surface area contributed by atoms with E-state index < -0.39 is 15.9 Å². The monoisotopic (exact) mass is 501 g/mol. The summed E-state index contributed by atoms with van der Waals surface area (Å²) < 4.78 is 33.0. The average Bonchev–Trinajstić information content (AvgIpc) is 2.88. The van der Waals surface area contributed by atoms with E-state index in [4.69, 9.17) is 4.74 Å². The molecule has 0 atom stereocenters. The van der Waals surface area contributed by atoms with Crippen LogP contribution in [-0.2, 0) is 34.4 Å². The molecule has 1 amide bonds. The third-order valence-corrected chi connectivity index (χ3v) is 7.36. The van der Waals surface area contributed by atoms with E-state index in [2.05, 4.69) is 42.8 Å². The molecule has 186 valence electrons. The van der Waals surface area contributed by atoms with Crippen molar-refractivity contribution < 1.29 is 17.9 Å². The average molecular weight is 502 g/mol. The van der Waals surface area contributed by atoms with Crippen LogP contribution in [0.25, 0.3) is 10.8 Å². The van der Waals surface area contributed by atoms with Crippen LogP contribution in [0.15, 0.2) is 91.0 Å². The highest BCUT2D eigenvalue weighted by atomic mass is 32.2. The predicted molar refractivity (Wildman–Crippen MR) is 144 cm³/mol. The maximum absolute atomic E-state index is 12.5. The zero-order valence-electron chi connectivity index (χ0n) is 20.6. The van der Waals surface area contributed by atoms with Gasteiger partial charge >= 0.3 is 0 Å². The first-order chi connectivity index (χ1) is 17.3. The third-order valence-electron chi connectivity index (χ3n) is 6.12. The van der Waals surface area contributed by atoms with Crippen molar-refractivity contribution >= 4 is 26.7 Å². The molecule has 0 unspecified atom stereocenters. The Morgan fingerprint density at radius 1 is 0.778 bits per heavy atom. The lowest BCUT2D eigenvalue weighted by Gasteiger charge is -2.09. The predicted octanol–water partition coefficient (Wildman–Crippen LogP) is 5.98. The highest BCUT2D eigenvalue weighted by molar-refractivity contribution is 7.90. The van der Waals surface area contributed by atoms with E-state index in [0.29, 0.717) is 25.6 Å². The fourth-order valence-electron chi connectivity index (χ4n) is 3.94. The number of nitrogens with one attached hydrogen (secondary N) is 1. The van der Waals surface area contributed by atoms with Gasteiger partial charge in [0.25, 0.3) is 5.91 Å². The summed E-state index contributed by atoms with van der Waals surface area (Å²) in [6.45, 7) is 5.22. The van der Waals surface area contributed by atoms with Crippen molar-refractivity contribution in [2.75, 3.05) is 5.75 Å². The molecule has 0 aliphatic carbocycles. The minimum absolute atomic E-state index is 0.166. The molecule has 6 heteroatoms. The van der Waals surface area contributed by atoms with Crippen LogP contribution >= 0.6 is 0 Å². The maximum Gasteiger partial charge on any atom is 0.264 e. The summed E-state index contributed by atoms with van der Waals surface area (Å²) in [5.41, 5.74) is 4.50. The number of sulfonamides is 1. The van der Waals surface area contributed by atoms with Crippen LogP contribution in [0.1, 0.15) is 52.4 Å². The lowest BCUT2D eigenvalue weighted by atomic mass is 10.0. The second kappa shape index (κ2) is 11.5. The molecule has 1 N–H and O–H groups in total. The third kappa shape index (κ3) is 7.03. The summed E-state index contributed by atoms with van der Waals surface area (Å²) in [7, 11) is -3.77. The molecule has 0 saturated heterocycles. The van der Waals surface area contributed by atoms with Crippen LogP contribution in [0, 0.1) is 0 Å². The molecular formula is C30H31NO4S. The highest BCUT2D eigenvalue weighted by Gasteiger charge is 2.16. The first kappa shape index (κ1) is 25.6. The molecule has 0 bridgehead atoms. The Labute approximate surface area is 213 Å². The molecule has 0 aliphatic heterocycles. The number of fused-ring (bicyclic) bond motifs is 1. The molecule has 0 spiro atoms. The largest absolute Gasteiger partial charge is 0.372 e. The van der Waals surface area contributed by atoms with Crippen molar-refractivity contribution in [2.45, 2.75) is 39.4 Å². The Bertz CT molecular complexity index is 1430. The fraction of sp³-hybridized carbons (Fsp3) is 0.233. The second-order valence-electron chi connectivity index (χ2n) is 9.27. The van der Waals surface area contributed by atoms with Crippen LogP contribution in [0.4, 0.5) is 0 Å². The van der Waals surface area contributed by atoms with Crippen molar-refractivity contribution in [1.82, 2.24) is 4.72 Å². The highest BCUT2D eigenvalue weighted by Crippen LogP contribution is 2.17. The summed E-state index contributed by atoms with van der Waals surface area (Å²) in [4.78, 5) is 12.5. The Balaban J connectivity index is 1.26. The molecule has 4 aromatic rings. The van der Waals surface area contributed by atoms with Crippen LogP contribution < -0.4 is 4.72 Å². The smallest absolute Gasteiger partial charge is 0.264 e. The minimum atomic E-state index is -3.77. The standard InChI is InChI=1S/C30H31NO4S/c1-22(2)26-12-8-24(9-13-26)20-35-21-25-10-15-28(16-11-25)30(32)31-36(33,34)18-17-23-7-14-27-5-3-4-6-29(27)19-23/h3-16,19,22H,17-18,20-21H2,1-2H3,(H,31,32). The molecule has 5 nitrogen and oxygen atoms in total. The first-order valence-electron chi connectivity index (χ1n) is 12.1. The molecule has 0 aromatic heterocycles. The van der Waals surface area contributed by atoms with Gasteiger partial charge in [0.1, 0.15) is 0 Å². The van der Waals surface area contributed by atoms with Gasteiger partial charge in [-0.3, -0.25) is 4.79 Å². The summed E-state index contributed by atoms with van der Waals surface area (Å²) >= 11 is 0. The van der Waals surface area contributed by atoms with Crippen LogP contribution in [-0.4, -0.2) is 20.1 Å². The summed E-state index contributed by atoms with van der Waals surface area (Å²) in [6, 6.07) is 29.0. The summed E-state index contributed by atoms with van der Waals surface area (Å²) in [6.07, 6.45) is 0.323. The van der Waals surface area contributed by atoms with E-state index in [1.807, 2.05) is 42.5 Å². The molecule has 0 aliphatic rings. The normalized spacial score (nSPS) is 11.6. The molecule has 4 aromatic carbocycles. The topological polar surface area (TPSA) is 72.5 Å². The zero-order chi connectivity index (χ0) is 25.5. The Hall–Kier alpha value is -3.48. The number of carbonyl (C=O) groups excluding carboxylic acids is 1. The molecule has 4 rings (SSSR count).